The van der Waals surface area contributed by atoms with Crippen molar-refractivity contribution in [3.63, 3.8) is 0 Å². The van der Waals surface area contributed by atoms with Crippen LogP contribution in [-0.2, 0) is 11.8 Å². The molecule has 30 heavy (non-hydrogen) atoms. The van der Waals surface area contributed by atoms with Crippen molar-refractivity contribution in [2.24, 2.45) is 7.05 Å². The molecule has 4 rings (SSSR count). The highest BCUT2D eigenvalue weighted by atomic mass is 32.2. The van der Waals surface area contributed by atoms with Crippen molar-refractivity contribution in [3.05, 3.63) is 70.0 Å². The Kier molecular flexibility index (Phi) is 5.69. The highest BCUT2D eigenvalue weighted by Crippen LogP contribution is 2.29. The molecular weight excluding hydrogens is 416 g/mol. The minimum absolute atomic E-state index is 0.150. The molecule has 0 aliphatic heterocycles. The first-order chi connectivity index (χ1) is 14.4. The summed E-state index contributed by atoms with van der Waals surface area (Å²) >= 11 is 2.39. The molecule has 2 aromatic heterocycles. The van der Waals surface area contributed by atoms with Crippen LogP contribution in [-0.4, -0.2) is 25.6 Å². The second-order valence-electron chi connectivity index (χ2n) is 7.04. The third-order valence-electron chi connectivity index (χ3n) is 4.62. The van der Waals surface area contributed by atoms with Crippen molar-refractivity contribution in [1.29, 1.82) is 0 Å². The first kappa shape index (κ1) is 20.3. The lowest BCUT2D eigenvalue weighted by molar-refractivity contribution is -0.113. The molecule has 0 unspecified atom stereocenters. The molecule has 0 aliphatic carbocycles. The van der Waals surface area contributed by atoms with E-state index in [4.69, 9.17) is 0 Å². The van der Waals surface area contributed by atoms with E-state index < -0.39 is 0 Å². The molecule has 0 fully saturated rings. The molecule has 0 atom stereocenters. The number of hydrogen-bond acceptors (Lipinski definition) is 6. The lowest BCUT2D eigenvalue weighted by Crippen LogP contribution is -2.20. The van der Waals surface area contributed by atoms with Gasteiger partial charge in [0.05, 0.1) is 5.75 Å². The fourth-order valence-electron chi connectivity index (χ4n) is 3.02. The molecule has 2 aromatic carbocycles. The number of hydrogen-bond donors (Lipinski definition) is 1. The number of carbonyl (C=O) groups excluding carboxylic acids is 1. The second kappa shape index (κ2) is 8.41. The van der Waals surface area contributed by atoms with E-state index in [1.807, 2.05) is 62.4 Å². The molecule has 0 saturated carbocycles. The van der Waals surface area contributed by atoms with Gasteiger partial charge < -0.3 is 5.32 Å². The zero-order valence-corrected chi connectivity index (χ0v) is 18.4. The standard InChI is InChI=1S/C22H20N4O2S2/c1-13-7-9-15(10-8-13)18-19-20(30-25-18)21(28)26(3)22(24-19)29-12-17(27)23-16-6-4-5-14(2)11-16/h4-11H,12H2,1-3H3,(H,23,27). The number of carbonyl (C=O) groups is 1. The van der Waals surface area contributed by atoms with Crippen LogP contribution in [0.4, 0.5) is 5.69 Å². The fourth-order valence-corrected chi connectivity index (χ4v) is 4.60. The van der Waals surface area contributed by atoms with Crippen LogP contribution in [0, 0.1) is 13.8 Å². The van der Waals surface area contributed by atoms with Gasteiger partial charge in [0.25, 0.3) is 5.56 Å². The van der Waals surface area contributed by atoms with E-state index in [0.29, 0.717) is 21.1 Å². The fraction of sp³-hybridized carbons (Fsp3) is 0.182. The maximum absolute atomic E-state index is 12.8. The van der Waals surface area contributed by atoms with Crippen molar-refractivity contribution in [3.8, 4) is 11.3 Å². The monoisotopic (exact) mass is 436 g/mol. The van der Waals surface area contributed by atoms with E-state index in [1.165, 1.54) is 16.3 Å². The number of amides is 1. The minimum Gasteiger partial charge on any atom is -0.325 e. The van der Waals surface area contributed by atoms with Gasteiger partial charge in [-0.2, -0.15) is 4.37 Å². The van der Waals surface area contributed by atoms with Crippen LogP contribution in [0.3, 0.4) is 0 Å². The first-order valence-electron chi connectivity index (χ1n) is 9.35. The maximum atomic E-state index is 12.8. The van der Waals surface area contributed by atoms with Gasteiger partial charge in [0.1, 0.15) is 15.9 Å². The number of nitrogens with one attached hydrogen (secondary N) is 1. The molecule has 2 heterocycles. The average Bonchev–Trinajstić information content (AvgIpc) is 3.14. The van der Waals surface area contributed by atoms with Gasteiger partial charge in [-0.25, -0.2) is 4.98 Å². The van der Waals surface area contributed by atoms with Crippen molar-refractivity contribution in [2.75, 3.05) is 11.1 Å². The predicted molar refractivity (Wildman–Crippen MR) is 123 cm³/mol. The molecule has 8 heteroatoms. The van der Waals surface area contributed by atoms with E-state index in [0.717, 1.165) is 33.9 Å². The molecule has 6 nitrogen and oxygen atoms in total. The van der Waals surface area contributed by atoms with Crippen molar-refractivity contribution < 1.29 is 4.79 Å². The van der Waals surface area contributed by atoms with Crippen molar-refractivity contribution in [2.45, 2.75) is 19.0 Å². The molecule has 1 amide bonds. The second-order valence-corrected chi connectivity index (χ2v) is 8.76. The molecule has 0 saturated heterocycles. The summed E-state index contributed by atoms with van der Waals surface area (Å²) in [6.45, 7) is 3.99. The molecule has 1 N–H and O–H groups in total. The Bertz CT molecular complexity index is 1290. The number of fused-ring (bicyclic) bond motifs is 1. The molecule has 0 aliphatic rings. The third kappa shape index (κ3) is 4.15. The molecule has 0 bridgehead atoms. The van der Waals surface area contributed by atoms with Crippen LogP contribution < -0.4 is 10.9 Å². The van der Waals surface area contributed by atoms with E-state index in [-0.39, 0.29) is 17.2 Å². The lowest BCUT2D eigenvalue weighted by atomic mass is 10.1. The summed E-state index contributed by atoms with van der Waals surface area (Å²) in [7, 11) is 1.67. The summed E-state index contributed by atoms with van der Waals surface area (Å²) in [5.74, 6) is -0.000830. The van der Waals surface area contributed by atoms with Crippen molar-refractivity contribution >= 4 is 45.1 Å². The van der Waals surface area contributed by atoms with Gasteiger partial charge in [0.15, 0.2) is 5.16 Å². The number of anilines is 1. The van der Waals surface area contributed by atoms with Crippen LogP contribution in [0.25, 0.3) is 21.5 Å². The third-order valence-corrected chi connectivity index (χ3v) is 6.47. The topological polar surface area (TPSA) is 76.9 Å². The van der Waals surface area contributed by atoms with Gasteiger partial charge in [-0.05, 0) is 43.1 Å². The Morgan fingerprint density at radius 3 is 2.63 bits per heavy atom. The van der Waals surface area contributed by atoms with Crippen LogP contribution in [0.2, 0.25) is 0 Å². The number of rotatable bonds is 5. The minimum atomic E-state index is -0.155. The van der Waals surface area contributed by atoms with Gasteiger partial charge in [-0.1, -0.05) is 53.7 Å². The first-order valence-corrected chi connectivity index (χ1v) is 11.1. The summed E-state index contributed by atoms with van der Waals surface area (Å²) < 4.78 is 6.47. The predicted octanol–water partition coefficient (Wildman–Crippen LogP) is 4.40. The number of benzene rings is 2. The molecule has 0 spiro atoms. The van der Waals surface area contributed by atoms with Crippen molar-refractivity contribution in [1.82, 2.24) is 13.9 Å². The number of thioether (sulfide) groups is 1. The van der Waals surface area contributed by atoms with Gasteiger partial charge in [-0.15, -0.1) is 0 Å². The number of nitrogens with zero attached hydrogens (tertiary/aromatic N) is 3. The van der Waals surface area contributed by atoms with Crippen LogP contribution in [0.5, 0.6) is 0 Å². The highest BCUT2D eigenvalue weighted by Gasteiger charge is 2.17. The highest BCUT2D eigenvalue weighted by molar-refractivity contribution is 7.99. The molecular formula is C22H20N4O2S2. The number of aromatic nitrogens is 3. The summed E-state index contributed by atoms with van der Waals surface area (Å²) in [6, 6.07) is 15.6. The van der Waals surface area contributed by atoms with Gasteiger partial charge >= 0.3 is 0 Å². The van der Waals surface area contributed by atoms with Crippen LogP contribution in [0.1, 0.15) is 11.1 Å². The summed E-state index contributed by atoms with van der Waals surface area (Å²) in [5.41, 5.74) is 5.01. The lowest BCUT2D eigenvalue weighted by Gasteiger charge is -2.08. The Labute approximate surface area is 182 Å². The van der Waals surface area contributed by atoms with Crippen LogP contribution >= 0.6 is 23.3 Å². The van der Waals surface area contributed by atoms with E-state index in [9.17, 15) is 9.59 Å². The normalized spacial score (nSPS) is 11.0. The Morgan fingerprint density at radius 2 is 1.90 bits per heavy atom. The maximum Gasteiger partial charge on any atom is 0.273 e. The quantitative estimate of drug-likeness (QED) is 0.371. The SMILES string of the molecule is Cc1ccc(-c2nsc3c(=O)n(C)c(SCC(=O)Nc4cccc(C)c4)nc23)cc1. The number of aryl methyl sites for hydroxylation is 2. The van der Waals surface area contributed by atoms with E-state index in [1.54, 1.807) is 7.05 Å². The zero-order valence-electron chi connectivity index (χ0n) is 16.8. The Hall–Kier alpha value is -2.97. The van der Waals surface area contributed by atoms with E-state index >= 15 is 0 Å². The molecule has 4 aromatic rings. The molecule has 152 valence electrons. The zero-order chi connectivity index (χ0) is 21.3. The average molecular weight is 437 g/mol. The van der Waals surface area contributed by atoms with Crippen LogP contribution in [0.15, 0.2) is 58.5 Å². The van der Waals surface area contributed by atoms with Gasteiger partial charge in [-0.3, -0.25) is 14.2 Å². The summed E-state index contributed by atoms with van der Waals surface area (Å²) in [5, 5.41) is 3.36. The van der Waals surface area contributed by atoms with Gasteiger partial charge in [0.2, 0.25) is 5.91 Å². The smallest absolute Gasteiger partial charge is 0.273 e. The molecule has 0 radical (unpaired) electrons. The summed E-state index contributed by atoms with van der Waals surface area (Å²) in [6.07, 6.45) is 0. The Balaban J connectivity index is 1.60. The van der Waals surface area contributed by atoms with E-state index in [2.05, 4.69) is 14.7 Å². The largest absolute Gasteiger partial charge is 0.325 e. The van der Waals surface area contributed by atoms with Gasteiger partial charge in [0, 0.05) is 18.3 Å². The summed E-state index contributed by atoms with van der Waals surface area (Å²) in [4.78, 5) is 29.9. The Morgan fingerprint density at radius 1 is 1.13 bits per heavy atom.